The zero-order valence-electron chi connectivity index (χ0n) is 11.9. The van der Waals surface area contributed by atoms with Gasteiger partial charge in [-0.1, -0.05) is 30.3 Å². The molecule has 0 saturated carbocycles. The number of guanidine groups is 1. The van der Waals surface area contributed by atoms with Crippen molar-refractivity contribution in [2.75, 3.05) is 13.1 Å². The summed E-state index contributed by atoms with van der Waals surface area (Å²) in [7, 11) is 0. The molecule has 0 aliphatic rings. The quantitative estimate of drug-likeness (QED) is 0.389. The fourth-order valence-electron chi connectivity index (χ4n) is 1.55. The summed E-state index contributed by atoms with van der Waals surface area (Å²) in [5, 5.41) is 5.74. The monoisotopic (exact) mass is 390 g/mol. The lowest BCUT2D eigenvalue weighted by Crippen LogP contribution is -2.38. The van der Waals surface area contributed by atoms with Crippen LogP contribution in [0, 0.1) is 0 Å². The van der Waals surface area contributed by atoms with Gasteiger partial charge in [0.25, 0.3) is 0 Å². The van der Waals surface area contributed by atoms with Crippen molar-refractivity contribution in [3.05, 3.63) is 35.9 Å². The minimum Gasteiger partial charge on any atom is -0.370 e. The van der Waals surface area contributed by atoms with Crippen molar-refractivity contribution >= 4 is 35.8 Å². The maximum absolute atomic E-state index is 11.5. The van der Waals surface area contributed by atoms with Crippen LogP contribution in [0.1, 0.15) is 19.4 Å². The topological polar surface area (TPSA) is 79.5 Å². The van der Waals surface area contributed by atoms with E-state index in [1.54, 1.807) is 0 Å². The van der Waals surface area contributed by atoms with Crippen LogP contribution < -0.4 is 16.4 Å². The van der Waals surface area contributed by atoms with Crippen molar-refractivity contribution in [3.63, 3.8) is 0 Å². The summed E-state index contributed by atoms with van der Waals surface area (Å²) in [5.74, 6) is 0.178. The second kappa shape index (κ2) is 10.5. The van der Waals surface area contributed by atoms with Crippen LogP contribution in [0.5, 0.6) is 0 Å². The summed E-state index contributed by atoms with van der Waals surface area (Å²) >= 11 is 0. The lowest BCUT2D eigenvalue weighted by atomic mass is 10.1. The first kappa shape index (κ1) is 18.7. The van der Waals surface area contributed by atoms with Gasteiger partial charge in [-0.15, -0.1) is 24.0 Å². The number of aliphatic imine (C=N–C) groups is 1. The molecule has 0 radical (unpaired) electrons. The Kier molecular flexibility index (Phi) is 9.79. The first-order chi connectivity index (χ1) is 9.08. The van der Waals surface area contributed by atoms with E-state index < -0.39 is 0 Å². The highest BCUT2D eigenvalue weighted by molar-refractivity contribution is 14.0. The highest BCUT2D eigenvalue weighted by atomic mass is 127. The smallest absolute Gasteiger partial charge is 0.241 e. The number of benzene rings is 1. The van der Waals surface area contributed by atoms with Crippen molar-refractivity contribution in [1.82, 2.24) is 10.6 Å². The molecule has 0 atom stereocenters. The van der Waals surface area contributed by atoms with Gasteiger partial charge in [0.05, 0.1) is 0 Å². The van der Waals surface area contributed by atoms with Gasteiger partial charge in [-0.3, -0.25) is 4.79 Å². The predicted molar refractivity (Wildman–Crippen MR) is 93.3 cm³/mol. The Balaban J connectivity index is 0.00000361. The fraction of sp³-hybridized carbons (Fsp3) is 0.429. The molecule has 0 aliphatic carbocycles. The zero-order chi connectivity index (χ0) is 14.1. The minimum atomic E-state index is -0.121. The number of hydrogen-bond donors (Lipinski definition) is 3. The SMILES string of the molecule is CC(C)NC(N)=NCC(=O)NCCc1ccccc1.I. The lowest BCUT2D eigenvalue weighted by molar-refractivity contribution is -0.119. The van der Waals surface area contributed by atoms with Crippen LogP contribution in [0.3, 0.4) is 0 Å². The summed E-state index contributed by atoms with van der Waals surface area (Å²) in [6.07, 6.45) is 0.815. The fourth-order valence-corrected chi connectivity index (χ4v) is 1.55. The van der Waals surface area contributed by atoms with E-state index in [1.807, 2.05) is 44.2 Å². The Morgan fingerprint density at radius 2 is 1.95 bits per heavy atom. The minimum absolute atomic E-state index is 0. The van der Waals surface area contributed by atoms with Gasteiger partial charge in [-0.2, -0.15) is 0 Å². The van der Waals surface area contributed by atoms with Gasteiger partial charge in [-0.25, -0.2) is 4.99 Å². The van der Waals surface area contributed by atoms with E-state index in [0.717, 1.165) is 6.42 Å². The molecule has 112 valence electrons. The number of halogens is 1. The third-order valence-electron chi connectivity index (χ3n) is 2.41. The summed E-state index contributed by atoms with van der Waals surface area (Å²) in [5.41, 5.74) is 6.80. The Morgan fingerprint density at radius 1 is 1.30 bits per heavy atom. The molecule has 0 aromatic heterocycles. The van der Waals surface area contributed by atoms with Crippen LogP contribution in [-0.4, -0.2) is 31.0 Å². The molecule has 20 heavy (non-hydrogen) atoms. The molecule has 1 amide bonds. The molecule has 1 aromatic carbocycles. The summed E-state index contributed by atoms with van der Waals surface area (Å²) in [4.78, 5) is 15.5. The second-order valence-corrected chi connectivity index (χ2v) is 4.59. The van der Waals surface area contributed by atoms with Crippen molar-refractivity contribution < 1.29 is 4.79 Å². The van der Waals surface area contributed by atoms with Crippen LogP contribution in [0.4, 0.5) is 0 Å². The first-order valence-electron chi connectivity index (χ1n) is 6.45. The molecule has 4 N–H and O–H groups in total. The van der Waals surface area contributed by atoms with Crippen molar-refractivity contribution in [2.45, 2.75) is 26.3 Å². The molecule has 5 nitrogen and oxygen atoms in total. The first-order valence-corrected chi connectivity index (χ1v) is 6.45. The zero-order valence-corrected chi connectivity index (χ0v) is 14.3. The summed E-state index contributed by atoms with van der Waals surface area (Å²) < 4.78 is 0. The largest absolute Gasteiger partial charge is 0.370 e. The number of nitrogens with zero attached hydrogens (tertiary/aromatic N) is 1. The van der Waals surface area contributed by atoms with Gasteiger partial charge in [0.1, 0.15) is 6.54 Å². The van der Waals surface area contributed by atoms with Crippen molar-refractivity contribution in [2.24, 2.45) is 10.7 Å². The van der Waals surface area contributed by atoms with E-state index in [9.17, 15) is 4.79 Å². The average Bonchev–Trinajstić information content (AvgIpc) is 2.37. The Morgan fingerprint density at radius 3 is 2.55 bits per heavy atom. The normalized spacial score (nSPS) is 10.8. The Hall–Kier alpha value is -1.31. The van der Waals surface area contributed by atoms with Gasteiger partial charge >= 0.3 is 0 Å². The van der Waals surface area contributed by atoms with E-state index in [-0.39, 0.29) is 42.5 Å². The third kappa shape index (κ3) is 8.73. The third-order valence-corrected chi connectivity index (χ3v) is 2.41. The van der Waals surface area contributed by atoms with Gasteiger partial charge < -0.3 is 16.4 Å². The standard InChI is InChI=1S/C14H22N4O.HI/c1-11(2)18-14(15)17-10-13(19)16-9-8-12-6-4-3-5-7-12;/h3-7,11H,8-10H2,1-2H3,(H,16,19)(H3,15,17,18);1H. The molecular weight excluding hydrogens is 367 g/mol. The number of carbonyl (C=O) groups excluding carboxylic acids is 1. The average molecular weight is 390 g/mol. The molecule has 0 saturated heterocycles. The number of hydrogen-bond acceptors (Lipinski definition) is 2. The van der Waals surface area contributed by atoms with Gasteiger partial charge in [0.2, 0.25) is 5.91 Å². The number of amides is 1. The molecule has 1 aromatic rings. The van der Waals surface area contributed by atoms with Crippen LogP contribution in [-0.2, 0) is 11.2 Å². The molecule has 0 fully saturated rings. The van der Waals surface area contributed by atoms with Crippen molar-refractivity contribution in [1.29, 1.82) is 0 Å². The molecule has 0 aliphatic heterocycles. The maximum atomic E-state index is 11.5. The second-order valence-electron chi connectivity index (χ2n) is 4.59. The highest BCUT2D eigenvalue weighted by Gasteiger charge is 2.01. The van der Waals surface area contributed by atoms with Gasteiger partial charge in [0, 0.05) is 12.6 Å². The Bertz CT molecular complexity index is 420. The van der Waals surface area contributed by atoms with E-state index in [2.05, 4.69) is 15.6 Å². The molecule has 0 heterocycles. The van der Waals surface area contributed by atoms with Crippen LogP contribution in [0.25, 0.3) is 0 Å². The predicted octanol–water partition coefficient (Wildman–Crippen LogP) is 1.28. The molecular formula is C14H23IN4O. The van der Waals surface area contributed by atoms with Crippen LogP contribution in [0.15, 0.2) is 35.3 Å². The molecule has 0 spiro atoms. The highest BCUT2D eigenvalue weighted by Crippen LogP contribution is 1.97. The van der Waals surface area contributed by atoms with E-state index in [4.69, 9.17) is 5.73 Å². The number of nitrogens with two attached hydrogens (primary N) is 1. The Labute approximate surface area is 137 Å². The number of nitrogens with one attached hydrogen (secondary N) is 2. The van der Waals surface area contributed by atoms with Crippen LogP contribution >= 0.6 is 24.0 Å². The molecule has 1 rings (SSSR count). The summed E-state index contributed by atoms with van der Waals surface area (Å²) in [6.45, 7) is 4.58. The van der Waals surface area contributed by atoms with E-state index >= 15 is 0 Å². The summed E-state index contributed by atoms with van der Waals surface area (Å²) in [6, 6.07) is 10.2. The van der Waals surface area contributed by atoms with Crippen molar-refractivity contribution in [3.8, 4) is 0 Å². The molecule has 0 bridgehead atoms. The number of carbonyl (C=O) groups is 1. The molecule has 6 heteroatoms. The van der Waals surface area contributed by atoms with Gasteiger partial charge in [0.15, 0.2) is 5.96 Å². The van der Waals surface area contributed by atoms with Crippen LogP contribution in [0.2, 0.25) is 0 Å². The number of rotatable bonds is 6. The lowest BCUT2D eigenvalue weighted by Gasteiger charge is -2.08. The van der Waals surface area contributed by atoms with E-state index in [1.165, 1.54) is 5.56 Å². The molecule has 0 unspecified atom stereocenters. The maximum Gasteiger partial charge on any atom is 0.241 e. The van der Waals surface area contributed by atoms with E-state index in [0.29, 0.717) is 12.5 Å². The van der Waals surface area contributed by atoms with Gasteiger partial charge in [-0.05, 0) is 25.8 Å².